The SMILES string of the molecule is CCCn1cc(Br)cc1C(=O)N[C@H](C)c1ccc(Br)cc1. The van der Waals surface area contributed by atoms with E-state index in [0.717, 1.165) is 27.5 Å². The Bertz CT molecular complexity index is 620. The van der Waals surface area contributed by atoms with Gasteiger partial charge in [-0.05, 0) is 53.0 Å². The van der Waals surface area contributed by atoms with Crippen LogP contribution in [0, 0.1) is 0 Å². The van der Waals surface area contributed by atoms with Gasteiger partial charge in [-0.25, -0.2) is 0 Å². The number of nitrogens with zero attached hydrogens (tertiary/aromatic N) is 1. The van der Waals surface area contributed by atoms with E-state index < -0.39 is 0 Å². The highest BCUT2D eigenvalue weighted by molar-refractivity contribution is 9.10. The third-order valence-electron chi connectivity index (χ3n) is 3.28. The number of carbonyl (C=O) groups is 1. The largest absolute Gasteiger partial charge is 0.344 e. The van der Waals surface area contributed by atoms with Crippen molar-refractivity contribution >= 4 is 37.8 Å². The zero-order valence-electron chi connectivity index (χ0n) is 12.1. The summed E-state index contributed by atoms with van der Waals surface area (Å²) in [5, 5.41) is 3.05. The Morgan fingerprint density at radius 1 is 1.24 bits per heavy atom. The Balaban J connectivity index is 2.12. The van der Waals surface area contributed by atoms with Crippen LogP contribution in [0.4, 0.5) is 0 Å². The topological polar surface area (TPSA) is 34.0 Å². The Hall–Kier alpha value is -1.07. The minimum atomic E-state index is -0.0513. The predicted molar refractivity (Wildman–Crippen MR) is 92.4 cm³/mol. The molecular formula is C16H18Br2N2O. The summed E-state index contributed by atoms with van der Waals surface area (Å²) in [6, 6.07) is 9.81. The fourth-order valence-corrected chi connectivity index (χ4v) is 2.92. The van der Waals surface area contributed by atoms with Crippen LogP contribution in [0.15, 0.2) is 45.5 Å². The molecule has 2 aromatic rings. The second kappa shape index (κ2) is 7.27. The zero-order valence-corrected chi connectivity index (χ0v) is 15.2. The van der Waals surface area contributed by atoms with Crippen molar-refractivity contribution in [3.05, 3.63) is 56.7 Å². The van der Waals surface area contributed by atoms with Gasteiger partial charge in [0.1, 0.15) is 5.69 Å². The number of halogens is 2. The molecule has 2 rings (SSSR count). The van der Waals surface area contributed by atoms with E-state index in [0.29, 0.717) is 5.69 Å². The first kappa shape index (κ1) is 16.3. The van der Waals surface area contributed by atoms with E-state index in [4.69, 9.17) is 0 Å². The molecule has 112 valence electrons. The summed E-state index contributed by atoms with van der Waals surface area (Å²) in [6.07, 6.45) is 2.94. The Kier molecular flexibility index (Phi) is 5.65. The lowest BCUT2D eigenvalue weighted by Crippen LogP contribution is -2.28. The van der Waals surface area contributed by atoms with Crippen molar-refractivity contribution in [2.75, 3.05) is 0 Å². The molecule has 3 nitrogen and oxygen atoms in total. The van der Waals surface area contributed by atoms with Gasteiger partial charge in [0.25, 0.3) is 5.91 Å². The number of aryl methyl sites for hydroxylation is 1. The highest BCUT2D eigenvalue weighted by Crippen LogP contribution is 2.19. The summed E-state index contributed by atoms with van der Waals surface area (Å²) in [5.41, 5.74) is 1.77. The van der Waals surface area contributed by atoms with Crippen LogP contribution >= 0.6 is 31.9 Å². The van der Waals surface area contributed by atoms with Crippen LogP contribution in [0.25, 0.3) is 0 Å². The molecule has 21 heavy (non-hydrogen) atoms. The summed E-state index contributed by atoms with van der Waals surface area (Å²) in [7, 11) is 0. The monoisotopic (exact) mass is 412 g/mol. The van der Waals surface area contributed by atoms with E-state index in [1.807, 2.05) is 48.0 Å². The average Bonchev–Trinajstić information content (AvgIpc) is 2.81. The van der Waals surface area contributed by atoms with E-state index in [-0.39, 0.29) is 11.9 Å². The van der Waals surface area contributed by atoms with Gasteiger partial charge < -0.3 is 9.88 Å². The highest BCUT2D eigenvalue weighted by atomic mass is 79.9. The molecule has 1 aromatic carbocycles. The molecule has 0 spiro atoms. The van der Waals surface area contributed by atoms with Crippen molar-refractivity contribution in [1.82, 2.24) is 9.88 Å². The van der Waals surface area contributed by atoms with Crippen molar-refractivity contribution in [1.29, 1.82) is 0 Å². The lowest BCUT2D eigenvalue weighted by atomic mass is 10.1. The quantitative estimate of drug-likeness (QED) is 0.741. The molecule has 0 fully saturated rings. The predicted octanol–water partition coefficient (Wildman–Crippen LogP) is 4.91. The second-order valence-electron chi connectivity index (χ2n) is 4.98. The van der Waals surface area contributed by atoms with Crippen molar-refractivity contribution in [2.24, 2.45) is 0 Å². The van der Waals surface area contributed by atoms with Crippen molar-refractivity contribution in [2.45, 2.75) is 32.9 Å². The molecule has 0 aliphatic carbocycles. The summed E-state index contributed by atoms with van der Waals surface area (Å²) in [4.78, 5) is 12.4. The smallest absolute Gasteiger partial charge is 0.268 e. The maximum atomic E-state index is 12.4. The average molecular weight is 414 g/mol. The number of hydrogen-bond acceptors (Lipinski definition) is 1. The first-order chi connectivity index (χ1) is 10.0. The van der Waals surface area contributed by atoms with E-state index >= 15 is 0 Å². The van der Waals surface area contributed by atoms with Gasteiger partial charge in [-0.1, -0.05) is 35.0 Å². The molecule has 1 N–H and O–H groups in total. The molecule has 0 unspecified atom stereocenters. The van der Waals surface area contributed by atoms with Gasteiger partial charge in [0.05, 0.1) is 6.04 Å². The van der Waals surface area contributed by atoms with Gasteiger partial charge >= 0.3 is 0 Å². The van der Waals surface area contributed by atoms with Gasteiger partial charge in [-0.15, -0.1) is 0 Å². The number of aromatic nitrogens is 1. The summed E-state index contributed by atoms with van der Waals surface area (Å²) in [5.74, 6) is -0.0513. The van der Waals surface area contributed by atoms with Gasteiger partial charge in [0.15, 0.2) is 0 Å². The van der Waals surface area contributed by atoms with Crippen LogP contribution in [0.2, 0.25) is 0 Å². The Morgan fingerprint density at radius 3 is 2.52 bits per heavy atom. The fourth-order valence-electron chi connectivity index (χ4n) is 2.20. The minimum absolute atomic E-state index is 0.0330. The molecule has 0 aliphatic heterocycles. The van der Waals surface area contributed by atoms with Crippen molar-refractivity contribution in [3.8, 4) is 0 Å². The third kappa shape index (κ3) is 4.20. The molecular weight excluding hydrogens is 396 g/mol. The number of amides is 1. The summed E-state index contributed by atoms with van der Waals surface area (Å²) < 4.78 is 3.94. The lowest BCUT2D eigenvalue weighted by molar-refractivity contribution is 0.0930. The number of hydrogen-bond donors (Lipinski definition) is 1. The van der Waals surface area contributed by atoms with Gasteiger partial charge in [-0.2, -0.15) is 0 Å². The van der Waals surface area contributed by atoms with Crippen LogP contribution in [0.3, 0.4) is 0 Å². The first-order valence-corrected chi connectivity index (χ1v) is 8.52. The standard InChI is InChI=1S/C16H18Br2N2O/c1-3-8-20-10-14(18)9-15(20)16(21)19-11(2)12-4-6-13(17)7-5-12/h4-7,9-11H,3,8H2,1-2H3,(H,19,21)/t11-/m1/s1. The van der Waals surface area contributed by atoms with Crippen molar-refractivity contribution in [3.63, 3.8) is 0 Å². The van der Waals surface area contributed by atoms with Crippen LogP contribution in [0.5, 0.6) is 0 Å². The normalized spacial score (nSPS) is 12.2. The van der Waals surface area contributed by atoms with E-state index in [9.17, 15) is 4.79 Å². The van der Waals surface area contributed by atoms with Crippen molar-refractivity contribution < 1.29 is 4.79 Å². The zero-order chi connectivity index (χ0) is 15.4. The lowest BCUT2D eigenvalue weighted by Gasteiger charge is -2.15. The molecule has 0 bridgehead atoms. The Morgan fingerprint density at radius 2 is 1.90 bits per heavy atom. The van der Waals surface area contributed by atoms with E-state index in [1.54, 1.807) is 0 Å². The highest BCUT2D eigenvalue weighted by Gasteiger charge is 2.15. The van der Waals surface area contributed by atoms with Crippen LogP contribution < -0.4 is 5.32 Å². The summed E-state index contributed by atoms with van der Waals surface area (Å²) in [6.45, 7) is 4.92. The van der Waals surface area contributed by atoms with Gasteiger partial charge in [-0.3, -0.25) is 4.79 Å². The Labute approximate surface area is 142 Å². The van der Waals surface area contributed by atoms with Gasteiger partial charge in [0.2, 0.25) is 0 Å². The fraction of sp³-hybridized carbons (Fsp3) is 0.312. The maximum absolute atomic E-state index is 12.4. The van der Waals surface area contributed by atoms with Crippen LogP contribution in [0.1, 0.15) is 42.4 Å². The molecule has 1 amide bonds. The molecule has 0 saturated heterocycles. The molecule has 0 saturated carbocycles. The second-order valence-corrected chi connectivity index (χ2v) is 6.82. The number of nitrogens with one attached hydrogen (secondary N) is 1. The number of rotatable bonds is 5. The molecule has 5 heteroatoms. The molecule has 1 heterocycles. The molecule has 1 atom stereocenters. The number of benzene rings is 1. The molecule has 0 aliphatic rings. The van der Waals surface area contributed by atoms with Crippen LogP contribution in [-0.2, 0) is 6.54 Å². The maximum Gasteiger partial charge on any atom is 0.268 e. The minimum Gasteiger partial charge on any atom is -0.344 e. The van der Waals surface area contributed by atoms with Crippen LogP contribution in [-0.4, -0.2) is 10.5 Å². The van der Waals surface area contributed by atoms with E-state index in [1.165, 1.54) is 0 Å². The number of carbonyl (C=O) groups excluding carboxylic acids is 1. The third-order valence-corrected chi connectivity index (χ3v) is 4.24. The summed E-state index contributed by atoms with van der Waals surface area (Å²) >= 11 is 6.85. The first-order valence-electron chi connectivity index (χ1n) is 6.93. The molecule has 1 aromatic heterocycles. The van der Waals surface area contributed by atoms with Gasteiger partial charge in [0, 0.05) is 21.7 Å². The van der Waals surface area contributed by atoms with E-state index in [2.05, 4.69) is 44.1 Å². The molecule has 0 radical (unpaired) electrons.